The van der Waals surface area contributed by atoms with Gasteiger partial charge in [-0.25, -0.2) is 0 Å². The van der Waals surface area contributed by atoms with Crippen molar-refractivity contribution < 1.29 is 24.6 Å². The molecule has 11 nitrogen and oxygen atoms in total. The minimum Gasteiger partial charge on any atom is -0.508 e. The fourth-order valence-corrected chi connectivity index (χ4v) is 4.19. The molecular formula is C26H36N6O5. The van der Waals surface area contributed by atoms with E-state index in [2.05, 4.69) is 21.3 Å². The summed E-state index contributed by atoms with van der Waals surface area (Å²) >= 11 is 0. The number of rotatable bonds is 7. The summed E-state index contributed by atoms with van der Waals surface area (Å²) in [5, 5.41) is 32.1. The first kappa shape index (κ1) is 27.9. The van der Waals surface area contributed by atoms with Crippen LogP contribution in [0.1, 0.15) is 24.0 Å². The van der Waals surface area contributed by atoms with E-state index in [0.29, 0.717) is 37.2 Å². The van der Waals surface area contributed by atoms with Crippen LogP contribution in [-0.4, -0.2) is 72.7 Å². The van der Waals surface area contributed by atoms with E-state index in [1.807, 2.05) is 0 Å². The van der Waals surface area contributed by atoms with Crippen LogP contribution in [0.15, 0.2) is 36.4 Å². The third-order valence-electron chi connectivity index (χ3n) is 6.33. The first-order valence-electron chi connectivity index (χ1n) is 12.4. The number of phenolic OH excluding ortho intramolecular Hbond substituents is 2. The van der Waals surface area contributed by atoms with Gasteiger partial charge in [0.2, 0.25) is 17.7 Å². The Bertz CT molecular complexity index is 1120. The van der Waals surface area contributed by atoms with Gasteiger partial charge in [-0.15, -0.1) is 0 Å². The van der Waals surface area contributed by atoms with E-state index >= 15 is 0 Å². The highest BCUT2D eigenvalue weighted by molar-refractivity contribution is 5.93. The molecule has 0 spiro atoms. The van der Waals surface area contributed by atoms with Crippen LogP contribution in [0.5, 0.6) is 11.5 Å². The third kappa shape index (κ3) is 7.42. The zero-order valence-electron chi connectivity index (χ0n) is 20.9. The standard InChI is InChI=1S/C26H36N6O5/c1-29-9-10-30-25(36)21-14-18-12-16(5-7-23(18)34)15-4-6-22(33)17(11-15)13-19(28)24(35)31-20(3-2-8-27)26(37)32-21/h4-7,11-12,19-21,29,33-34H,2-3,8-10,13-14,27-28H2,1H3,(H,30,36)(H,31,35)(H,32,37)/t19-,20+,21+/m0/s1. The van der Waals surface area contributed by atoms with Crippen molar-refractivity contribution in [3.8, 4) is 22.6 Å². The molecule has 2 aromatic carbocycles. The number of likely N-dealkylation sites (N-methyl/N-ethyl adjacent to an activating group) is 1. The molecule has 0 unspecified atom stereocenters. The van der Waals surface area contributed by atoms with Gasteiger partial charge in [-0.2, -0.15) is 0 Å². The Balaban J connectivity index is 2.06. The fraction of sp³-hybridized carbons (Fsp3) is 0.423. The number of nitrogens with two attached hydrogens (primary N) is 2. The minimum absolute atomic E-state index is 0.00829. The Morgan fingerprint density at radius 2 is 1.59 bits per heavy atom. The summed E-state index contributed by atoms with van der Waals surface area (Å²) < 4.78 is 0. The van der Waals surface area contributed by atoms with Gasteiger partial charge in [0.05, 0.1) is 6.04 Å². The van der Waals surface area contributed by atoms with Gasteiger partial charge in [0, 0.05) is 25.9 Å². The number of amides is 3. The van der Waals surface area contributed by atoms with E-state index in [-0.39, 0.29) is 30.8 Å². The number of carbonyl (C=O) groups excluding carboxylic acids is 3. The second-order valence-corrected chi connectivity index (χ2v) is 9.15. The zero-order valence-corrected chi connectivity index (χ0v) is 20.9. The molecule has 37 heavy (non-hydrogen) atoms. The second-order valence-electron chi connectivity index (χ2n) is 9.15. The molecule has 3 amide bonds. The lowest BCUT2D eigenvalue weighted by atomic mass is 9.95. The molecule has 1 aliphatic rings. The lowest BCUT2D eigenvalue weighted by Crippen LogP contribution is -2.56. The van der Waals surface area contributed by atoms with Gasteiger partial charge in [0.15, 0.2) is 0 Å². The van der Waals surface area contributed by atoms with Crippen LogP contribution in [-0.2, 0) is 27.2 Å². The summed E-state index contributed by atoms with van der Waals surface area (Å²) in [6.07, 6.45) is 0.756. The van der Waals surface area contributed by atoms with Crippen molar-refractivity contribution in [1.29, 1.82) is 0 Å². The molecule has 0 saturated carbocycles. The van der Waals surface area contributed by atoms with Gasteiger partial charge in [0.1, 0.15) is 23.6 Å². The molecule has 0 aromatic heterocycles. The number of hydrogen-bond acceptors (Lipinski definition) is 8. The van der Waals surface area contributed by atoms with Gasteiger partial charge in [-0.3, -0.25) is 14.4 Å². The number of hydrogen-bond donors (Lipinski definition) is 8. The molecule has 3 rings (SSSR count). The first-order chi connectivity index (χ1) is 17.7. The maximum absolute atomic E-state index is 13.3. The van der Waals surface area contributed by atoms with Crippen LogP contribution in [0.3, 0.4) is 0 Å². The molecular weight excluding hydrogens is 476 g/mol. The topological polar surface area (TPSA) is 192 Å². The number of carbonyl (C=O) groups is 3. The molecule has 2 aromatic rings. The number of nitrogens with one attached hydrogen (secondary N) is 4. The quantitative estimate of drug-likeness (QED) is 0.222. The summed E-state index contributed by atoms with van der Waals surface area (Å²) in [5.74, 6) is -1.58. The molecule has 4 bridgehead atoms. The smallest absolute Gasteiger partial charge is 0.243 e. The van der Waals surface area contributed by atoms with Crippen LogP contribution < -0.4 is 32.7 Å². The predicted molar refractivity (Wildman–Crippen MR) is 140 cm³/mol. The minimum atomic E-state index is -1.03. The van der Waals surface area contributed by atoms with Gasteiger partial charge in [-0.1, -0.05) is 12.1 Å². The van der Waals surface area contributed by atoms with E-state index in [1.54, 1.807) is 31.3 Å². The highest BCUT2D eigenvalue weighted by Crippen LogP contribution is 2.30. The summed E-state index contributed by atoms with van der Waals surface area (Å²) in [6.45, 7) is 1.18. The van der Waals surface area contributed by atoms with E-state index in [4.69, 9.17) is 11.5 Å². The molecule has 0 radical (unpaired) electrons. The van der Waals surface area contributed by atoms with Crippen molar-refractivity contribution in [2.24, 2.45) is 11.5 Å². The zero-order chi connectivity index (χ0) is 26.9. The van der Waals surface area contributed by atoms with E-state index in [1.165, 1.54) is 12.1 Å². The normalized spacial score (nSPS) is 20.2. The Morgan fingerprint density at radius 3 is 2.19 bits per heavy atom. The average molecular weight is 513 g/mol. The Kier molecular flexibility index (Phi) is 9.84. The molecule has 1 aliphatic heterocycles. The van der Waals surface area contributed by atoms with Crippen molar-refractivity contribution in [3.05, 3.63) is 47.5 Å². The molecule has 0 fully saturated rings. The van der Waals surface area contributed by atoms with Gasteiger partial charge < -0.3 is 42.9 Å². The van der Waals surface area contributed by atoms with Crippen LogP contribution >= 0.6 is 0 Å². The Labute approximate surface area is 216 Å². The molecule has 200 valence electrons. The highest BCUT2D eigenvalue weighted by Gasteiger charge is 2.29. The number of fused-ring (bicyclic) bond motifs is 5. The maximum atomic E-state index is 13.3. The molecule has 0 aliphatic carbocycles. The van der Waals surface area contributed by atoms with Gasteiger partial charge in [-0.05, 0) is 73.0 Å². The summed E-state index contributed by atoms with van der Waals surface area (Å²) in [4.78, 5) is 39.2. The predicted octanol–water partition coefficient (Wildman–Crippen LogP) is -0.765. The largest absolute Gasteiger partial charge is 0.508 e. The molecule has 11 heteroatoms. The molecule has 3 atom stereocenters. The lowest BCUT2D eigenvalue weighted by molar-refractivity contribution is -0.132. The Morgan fingerprint density at radius 1 is 0.973 bits per heavy atom. The van der Waals surface area contributed by atoms with E-state index < -0.39 is 35.8 Å². The third-order valence-corrected chi connectivity index (χ3v) is 6.33. The van der Waals surface area contributed by atoms with Crippen LogP contribution in [0.2, 0.25) is 0 Å². The number of aromatic hydroxyl groups is 2. The number of benzene rings is 2. The van der Waals surface area contributed by atoms with Crippen molar-refractivity contribution in [1.82, 2.24) is 21.3 Å². The molecule has 1 heterocycles. The maximum Gasteiger partial charge on any atom is 0.243 e. The molecule has 10 N–H and O–H groups in total. The second kappa shape index (κ2) is 13.0. The SMILES string of the molecule is CNCCNC(=O)[C@H]1Cc2cc(ccc2O)-c2ccc(O)c(c2)C[C@H](N)C(=O)N[C@H](CCCN)C(=O)N1. The van der Waals surface area contributed by atoms with Crippen LogP contribution in [0, 0.1) is 0 Å². The summed E-state index contributed by atoms with van der Waals surface area (Å²) in [5.41, 5.74) is 14.2. The van der Waals surface area contributed by atoms with E-state index in [0.717, 1.165) is 11.1 Å². The van der Waals surface area contributed by atoms with Crippen molar-refractivity contribution in [2.45, 2.75) is 43.8 Å². The lowest BCUT2D eigenvalue weighted by Gasteiger charge is -2.24. The first-order valence-corrected chi connectivity index (χ1v) is 12.4. The molecule has 0 saturated heterocycles. The fourth-order valence-electron chi connectivity index (χ4n) is 4.19. The van der Waals surface area contributed by atoms with Gasteiger partial charge in [0.25, 0.3) is 0 Å². The number of phenols is 2. The highest BCUT2D eigenvalue weighted by atomic mass is 16.3. The van der Waals surface area contributed by atoms with Gasteiger partial charge >= 0.3 is 0 Å². The average Bonchev–Trinajstić information content (AvgIpc) is 2.88. The van der Waals surface area contributed by atoms with Crippen LogP contribution in [0.4, 0.5) is 0 Å². The summed E-state index contributed by atoms with van der Waals surface area (Å²) in [6, 6.07) is 6.91. The Hall–Kier alpha value is -3.67. The summed E-state index contributed by atoms with van der Waals surface area (Å²) in [7, 11) is 1.76. The van der Waals surface area contributed by atoms with Crippen molar-refractivity contribution >= 4 is 17.7 Å². The van der Waals surface area contributed by atoms with Crippen molar-refractivity contribution in [2.75, 3.05) is 26.7 Å². The monoisotopic (exact) mass is 512 g/mol. The van der Waals surface area contributed by atoms with Crippen LogP contribution in [0.25, 0.3) is 11.1 Å². The van der Waals surface area contributed by atoms with Crippen molar-refractivity contribution in [3.63, 3.8) is 0 Å². The van der Waals surface area contributed by atoms with E-state index in [9.17, 15) is 24.6 Å².